The summed E-state index contributed by atoms with van der Waals surface area (Å²) >= 11 is 0. The molecule has 0 aliphatic carbocycles. The van der Waals surface area contributed by atoms with Gasteiger partial charge in [-0.1, -0.05) is 12.1 Å². The maximum atomic E-state index is 12.0. The molecule has 1 aliphatic heterocycles. The molecule has 2 aromatic rings. The monoisotopic (exact) mass is 328 g/mol. The van der Waals surface area contributed by atoms with Crippen LogP contribution in [0, 0.1) is 0 Å². The molecule has 1 aromatic carbocycles. The zero-order chi connectivity index (χ0) is 16.8. The number of esters is 1. The number of aromatic nitrogens is 1. The topological polar surface area (TPSA) is 86.8 Å². The average molecular weight is 328 g/mol. The third kappa shape index (κ3) is 3.81. The van der Waals surface area contributed by atoms with Crippen molar-refractivity contribution in [3.05, 3.63) is 54.4 Å². The minimum Gasteiger partial charge on any atom is -0.485 e. The van der Waals surface area contributed by atoms with Gasteiger partial charge in [0.1, 0.15) is 13.2 Å². The quantitative estimate of drug-likeness (QED) is 0.655. The minimum absolute atomic E-state index is 0.0527. The van der Waals surface area contributed by atoms with Crippen molar-refractivity contribution in [1.82, 2.24) is 10.3 Å². The van der Waals surface area contributed by atoms with Crippen LogP contribution in [0.2, 0.25) is 0 Å². The Bertz CT molecular complexity index is 720. The summed E-state index contributed by atoms with van der Waals surface area (Å²) in [6.07, 6.45) is 2.26. The van der Waals surface area contributed by atoms with Gasteiger partial charge in [0.2, 0.25) is 6.10 Å². The first-order chi connectivity index (χ1) is 11.7. The minimum atomic E-state index is -0.809. The highest BCUT2D eigenvalue weighted by Gasteiger charge is 2.28. The van der Waals surface area contributed by atoms with Gasteiger partial charge in [0.15, 0.2) is 11.5 Å². The Morgan fingerprint density at radius 3 is 2.71 bits per heavy atom. The van der Waals surface area contributed by atoms with E-state index in [0.717, 1.165) is 0 Å². The molecule has 1 amide bonds. The summed E-state index contributed by atoms with van der Waals surface area (Å²) in [6.45, 7) is 0.355. The van der Waals surface area contributed by atoms with Crippen molar-refractivity contribution in [3.8, 4) is 11.5 Å². The first-order valence-electron chi connectivity index (χ1n) is 7.47. The number of benzene rings is 1. The number of rotatable bonds is 5. The lowest BCUT2D eigenvalue weighted by molar-refractivity contribution is -0.154. The maximum Gasteiger partial charge on any atom is 0.351 e. The van der Waals surface area contributed by atoms with E-state index in [9.17, 15) is 9.59 Å². The molecule has 24 heavy (non-hydrogen) atoms. The van der Waals surface area contributed by atoms with Crippen molar-refractivity contribution < 1.29 is 23.8 Å². The average Bonchev–Trinajstić information content (AvgIpc) is 2.65. The van der Waals surface area contributed by atoms with Gasteiger partial charge in [0, 0.05) is 18.0 Å². The van der Waals surface area contributed by atoms with Gasteiger partial charge >= 0.3 is 5.97 Å². The molecule has 124 valence electrons. The first-order valence-corrected chi connectivity index (χ1v) is 7.47. The Morgan fingerprint density at radius 2 is 1.92 bits per heavy atom. The lowest BCUT2D eigenvalue weighted by atomic mass is 10.2. The number of carbonyl (C=O) groups is 2. The number of hydrogen-bond donors (Lipinski definition) is 1. The first kappa shape index (κ1) is 15.8. The molecule has 7 nitrogen and oxygen atoms in total. The van der Waals surface area contributed by atoms with Crippen molar-refractivity contribution in [2.75, 3.05) is 19.8 Å². The van der Waals surface area contributed by atoms with Crippen LogP contribution in [-0.4, -0.2) is 42.7 Å². The molecule has 7 heteroatoms. The fourth-order valence-corrected chi connectivity index (χ4v) is 2.15. The smallest absolute Gasteiger partial charge is 0.351 e. The Morgan fingerprint density at radius 1 is 1.17 bits per heavy atom. The molecule has 0 radical (unpaired) electrons. The van der Waals surface area contributed by atoms with Gasteiger partial charge in [-0.05, 0) is 24.3 Å². The maximum absolute atomic E-state index is 12.0. The molecule has 0 spiro atoms. The molecule has 1 aliphatic rings. The van der Waals surface area contributed by atoms with Crippen molar-refractivity contribution >= 4 is 11.9 Å². The van der Waals surface area contributed by atoms with E-state index in [-0.39, 0.29) is 25.7 Å². The molecule has 0 fully saturated rings. The summed E-state index contributed by atoms with van der Waals surface area (Å²) in [5.74, 6) is 0.338. The van der Waals surface area contributed by atoms with Crippen LogP contribution in [0.1, 0.15) is 10.4 Å². The molecule has 0 saturated heterocycles. The highest BCUT2D eigenvalue weighted by Crippen LogP contribution is 2.31. The molecule has 2 heterocycles. The Balaban J connectivity index is 1.41. The van der Waals surface area contributed by atoms with E-state index in [1.807, 2.05) is 6.07 Å². The Hall–Kier alpha value is -3.09. The number of pyridine rings is 1. The molecule has 1 unspecified atom stereocenters. The molecule has 3 rings (SSSR count). The zero-order valence-electron chi connectivity index (χ0n) is 12.8. The SMILES string of the molecule is O=C(NCCOC(=O)C1COc2ccccc2O1)c1ccncc1. The summed E-state index contributed by atoms with van der Waals surface area (Å²) in [4.78, 5) is 27.6. The van der Waals surface area contributed by atoms with E-state index >= 15 is 0 Å². The standard InChI is InChI=1S/C17H16N2O5/c20-16(12-5-7-18-8-6-12)19-9-10-22-17(21)15-11-23-13-3-1-2-4-14(13)24-15/h1-8,15H,9-11H2,(H,19,20). The molecule has 0 bridgehead atoms. The van der Waals surface area contributed by atoms with Gasteiger partial charge in [-0.25, -0.2) is 4.79 Å². The van der Waals surface area contributed by atoms with Gasteiger partial charge in [-0.3, -0.25) is 9.78 Å². The van der Waals surface area contributed by atoms with Crippen LogP contribution in [-0.2, 0) is 9.53 Å². The predicted molar refractivity (Wildman–Crippen MR) is 83.9 cm³/mol. The number of nitrogens with one attached hydrogen (secondary N) is 1. The highest BCUT2D eigenvalue weighted by molar-refractivity contribution is 5.93. The summed E-state index contributed by atoms with van der Waals surface area (Å²) in [6, 6.07) is 10.3. The van der Waals surface area contributed by atoms with E-state index in [0.29, 0.717) is 17.1 Å². The largest absolute Gasteiger partial charge is 0.485 e. The number of amides is 1. The van der Waals surface area contributed by atoms with E-state index in [2.05, 4.69) is 10.3 Å². The van der Waals surface area contributed by atoms with Gasteiger partial charge in [-0.2, -0.15) is 0 Å². The number of hydrogen-bond acceptors (Lipinski definition) is 6. The van der Waals surface area contributed by atoms with Gasteiger partial charge in [0.05, 0.1) is 6.54 Å². The Kier molecular flexibility index (Phi) is 4.90. The van der Waals surface area contributed by atoms with Gasteiger partial charge in [0.25, 0.3) is 5.91 Å². The number of carbonyl (C=O) groups excluding carboxylic acids is 2. The van der Waals surface area contributed by atoms with Crippen LogP contribution in [0.25, 0.3) is 0 Å². The second-order valence-electron chi connectivity index (χ2n) is 5.02. The lowest BCUT2D eigenvalue weighted by Crippen LogP contribution is -2.39. The van der Waals surface area contributed by atoms with Crippen LogP contribution in [0.4, 0.5) is 0 Å². The summed E-state index contributed by atoms with van der Waals surface area (Å²) in [7, 11) is 0. The van der Waals surface area contributed by atoms with Crippen LogP contribution >= 0.6 is 0 Å². The molecule has 1 N–H and O–H groups in total. The predicted octanol–water partition coefficient (Wildman–Crippen LogP) is 1.19. The van der Waals surface area contributed by atoms with E-state index in [4.69, 9.17) is 14.2 Å². The third-order valence-corrected chi connectivity index (χ3v) is 3.35. The number of ether oxygens (including phenoxy) is 3. The van der Waals surface area contributed by atoms with Gasteiger partial charge in [-0.15, -0.1) is 0 Å². The lowest BCUT2D eigenvalue weighted by Gasteiger charge is -2.24. The number of para-hydroxylation sites is 2. The van der Waals surface area contributed by atoms with Gasteiger partial charge < -0.3 is 19.5 Å². The van der Waals surface area contributed by atoms with Crippen LogP contribution < -0.4 is 14.8 Å². The normalized spacial score (nSPS) is 15.4. The second-order valence-corrected chi connectivity index (χ2v) is 5.02. The van der Waals surface area contributed by atoms with Crippen molar-refractivity contribution in [2.45, 2.75) is 6.10 Å². The van der Waals surface area contributed by atoms with Crippen LogP contribution in [0.15, 0.2) is 48.8 Å². The van der Waals surface area contributed by atoms with E-state index < -0.39 is 12.1 Å². The summed E-state index contributed by atoms with van der Waals surface area (Å²) < 4.78 is 16.1. The van der Waals surface area contributed by atoms with E-state index in [1.165, 1.54) is 12.4 Å². The molecule has 0 saturated carbocycles. The molecule has 1 atom stereocenters. The fraction of sp³-hybridized carbons (Fsp3) is 0.235. The van der Waals surface area contributed by atoms with Crippen LogP contribution in [0.5, 0.6) is 11.5 Å². The fourth-order valence-electron chi connectivity index (χ4n) is 2.15. The third-order valence-electron chi connectivity index (χ3n) is 3.35. The molecule has 1 aromatic heterocycles. The zero-order valence-corrected chi connectivity index (χ0v) is 12.8. The second kappa shape index (κ2) is 7.45. The van der Waals surface area contributed by atoms with Crippen molar-refractivity contribution in [1.29, 1.82) is 0 Å². The molecular weight excluding hydrogens is 312 g/mol. The number of fused-ring (bicyclic) bond motifs is 1. The summed E-state index contributed by atoms with van der Waals surface area (Å²) in [5, 5.41) is 2.66. The molecular formula is C17H16N2O5. The summed E-state index contributed by atoms with van der Waals surface area (Å²) in [5.41, 5.74) is 0.497. The Labute approximate surface area is 138 Å². The van der Waals surface area contributed by atoms with Crippen molar-refractivity contribution in [3.63, 3.8) is 0 Å². The van der Waals surface area contributed by atoms with Crippen LogP contribution in [0.3, 0.4) is 0 Å². The number of nitrogens with zero attached hydrogens (tertiary/aromatic N) is 1. The highest BCUT2D eigenvalue weighted by atomic mass is 16.6. The van der Waals surface area contributed by atoms with E-state index in [1.54, 1.807) is 30.3 Å². The van der Waals surface area contributed by atoms with Crippen molar-refractivity contribution in [2.24, 2.45) is 0 Å².